The zero-order valence-corrected chi connectivity index (χ0v) is 17.2. The fourth-order valence-corrected chi connectivity index (χ4v) is 4.23. The second-order valence-electron chi connectivity index (χ2n) is 7.74. The Morgan fingerprint density at radius 3 is 2.57 bits per heavy atom. The minimum Gasteiger partial charge on any atom is -0.349 e. The number of piperidine rings is 1. The van der Waals surface area contributed by atoms with E-state index < -0.39 is 11.7 Å². The Hall–Kier alpha value is -2.48. The van der Waals surface area contributed by atoms with Crippen LogP contribution in [0.15, 0.2) is 48.5 Å². The molecule has 0 aromatic heterocycles. The van der Waals surface area contributed by atoms with Crippen LogP contribution in [0, 0.1) is 5.82 Å². The number of hydrogen-bond donors (Lipinski definition) is 3. The normalized spacial score (nSPS) is 22.1. The second-order valence-corrected chi connectivity index (χ2v) is 8.17. The molecule has 2 aliphatic heterocycles. The first-order valence-electron chi connectivity index (χ1n) is 10.1. The molecule has 2 saturated heterocycles. The number of hydrogen-bond acceptors (Lipinski definition) is 4. The lowest BCUT2D eigenvalue weighted by Crippen LogP contribution is -2.51. The molecule has 2 unspecified atom stereocenters. The summed E-state index contributed by atoms with van der Waals surface area (Å²) in [6, 6.07) is 13.2. The number of halogens is 2. The Balaban J connectivity index is 1.27. The third kappa shape index (κ3) is 4.64. The van der Waals surface area contributed by atoms with Crippen LogP contribution < -0.4 is 16.2 Å². The number of carbonyl (C=O) groups is 2. The van der Waals surface area contributed by atoms with Crippen LogP contribution >= 0.6 is 11.6 Å². The van der Waals surface area contributed by atoms with Gasteiger partial charge in [-0.1, -0.05) is 35.9 Å². The van der Waals surface area contributed by atoms with E-state index >= 15 is 0 Å². The molecule has 2 aromatic carbocycles. The van der Waals surface area contributed by atoms with E-state index in [1.54, 1.807) is 12.1 Å². The second kappa shape index (κ2) is 9.12. The monoisotopic (exact) mass is 430 g/mol. The van der Waals surface area contributed by atoms with Crippen molar-refractivity contribution in [2.75, 3.05) is 13.1 Å². The van der Waals surface area contributed by atoms with E-state index in [0.717, 1.165) is 5.56 Å². The van der Waals surface area contributed by atoms with Crippen molar-refractivity contribution in [3.8, 4) is 0 Å². The number of nitrogens with one attached hydrogen (secondary N) is 3. The van der Waals surface area contributed by atoms with E-state index in [9.17, 15) is 14.0 Å². The minimum absolute atomic E-state index is 0.0234. The van der Waals surface area contributed by atoms with Gasteiger partial charge in [-0.2, -0.15) is 0 Å². The molecule has 2 atom stereocenters. The largest absolute Gasteiger partial charge is 0.349 e. The van der Waals surface area contributed by atoms with Crippen LogP contribution in [0.3, 0.4) is 0 Å². The number of likely N-dealkylation sites (tertiary alicyclic amines) is 1. The molecule has 4 rings (SSSR count). The first-order valence-corrected chi connectivity index (χ1v) is 10.5. The first kappa shape index (κ1) is 20.8. The van der Waals surface area contributed by atoms with Gasteiger partial charge in [0.15, 0.2) is 0 Å². The maximum atomic E-state index is 13.8. The predicted octanol–water partition coefficient (Wildman–Crippen LogP) is 2.81. The number of carbonyl (C=O) groups excluding carboxylic acids is 2. The molecule has 30 heavy (non-hydrogen) atoms. The van der Waals surface area contributed by atoms with Gasteiger partial charge in [0.2, 0.25) is 5.91 Å². The van der Waals surface area contributed by atoms with Gasteiger partial charge in [-0.3, -0.25) is 9.59 Å². The van der Waals surface area contributed by atoms with E-state index in [4.69, 9.17) is 11.6 Å². The zero-order valence-electron chi connectivity index (χ0n) is 16.4. The van der Waals surface area contributed by atoms with Crippen molar-refractivity contribution >= 4 is 23.4 Å². The molecule has 0 radical (unpaired) electrons. The summed E-state index contributed by atoms with van der Waals surface area (Å²) < 4.78 is 13.8. The summed E-state index contributed by atoms with van der Waals surface area (Å²) in [5.41, 5.74) is 7.36. The number of hydrazine groups is 1. The molecule has 8 heteroatoms. The fourth-order valence-electron chi connectivity index (χ4n) is 4.03. The summed E-state index contributed by atoms with van der Waals surface area (Å²) in [5.74, 6) is -0.897. The van der Waals surface area contributed by atoms with Gasteiger partial charge in [0, 0.05) is 30.2 Å². The van der Waals surface area contributed by atoms with Gasteiger partial charge in [0.25, 0.3) is 5.91 Å². The van der Waals surface area contributed by atoms with Crippen LogP contribution in [0.2, 0.25) is 5.02 Å². The van der Waals surface area contributed by atoms with Crippen molar-refractivity contribution in [3.05, 3.63) is 70.5 Å². The van der Waals surface area contributed by atoms with Crippen LogP contribution in [0.1, 0.15) is 41.2 Å². The van der Waals surface area contributed by atoms with Crippen molar-refractivity contribution in [1.82, 2.24) is 21.1 Å². The molecular formula is C22H24ClFN4O2. The highest BCUT2D eigenvalue weighted by molar-refractivity contribution is 6.30. The molecule has 0 spiro atoms. The molecule has 3 N–H and O–H groups in total. The van der Waals surface area contributed by atoms with Crippen LogP contribution in [-0.4, -0.2) is 41.9 Å². The lowest BCUT2D eigenvalue weighted by atomic mass is 9.99. The fraction of sp³-hybridized carbons (Fsp3) is 0.364. The average molecular weight is 431 g/mol. The van der Waals surface area contributed by atoms with Crippen molar-refractivity contribution in [1.29, 1.82) is 0 Å². The van der Waals surface area contributed by atoms with Crippen molar-refractivity contribution in [3.63, 3.8) is 0 Å². The van der Waals surface area contributed by atoms with E-state index in [1.165, 1.54) is 12.1 Å². The van der Waals surface area contributed by atoms with E-state index in [2.05, 4.69) is 16.2 Å². The summed E-state index contributed by atoms with van der Waals surface area (Å²) in [4.78, 5) is 27.0. The summed E-state index contributed by atoms with van der Waals surface area (Å²) in [6.07, 6.45) is 1.93. The maximum Gasteiger partial charge on any atom is 0.254 e. The Morgan fingerprint density at radius 1 is 1.07 bits per heavy atom. The van der Waals surface area contributed by atoms with E-state index in [0.29, 0.717) is 37.4 Å². The molecule has 2 fully saturated rings. The number of benzene rings is 2. The molecule has 2 aromatic rings. The summed E-state index contributed by atoms with van der Waals surface area (Å²) in [5, 5.41) is 3.55. The van der Waals surface area contributed by atoms with Gasteiger partial charge in [-0.25, -0.2) is 15.2 Å². The molecule has 2 amide bonds. The molecular weight excluding hydrogens is 407 g/mol. The summed E-state index contributed by atoms with van der Waals surface area (Å²) in [7, 11) is 0. The molecule has 2 heterocycles. The van der Waals surface area contributed by atoms with Gasteiger partial charge >= 0.3 is 0 Å². The van der Waals surface area contributed by atoms with Crippen molar-refractivity contribution < 1.29 is 14.0 Å². The third-order valence-electron chi connectivity index (χ3n) is 5.71. The topological polar surface area (TPSA) is 73.5 Å². The van der Waals surface area contributed by atoms with E-state index in [1.807, 2.05) is 29.2 Å². The molecule has 0 bridgehead atoms. The van der Waals surface area contributed by atoms with Gasteiger partial charge < -0.3 is 10.2 Å². The van der Waals surface area contributed by atoms with Crippen molar-refractivity contribution in [2.24, 2.45) is 0 Å². The quantitative estimate of drug-likeness (QED) is 0.697. The number of nitrogens with zero attached hydrogens (tertiary/aromatic N) is 1. The van der Waals surface area contributed by atoms with Crippen molar-refractivity contribution in [2.45, 2.75) is 37.4 Å². The lowest BCUT2D eigenvalue weighted by Gasteiger charge is -2.33. The summed E-state index contributed by atoms with van der Waals surface area (Å²) in [6.45, 7) is 1.11. The maximum absolute atomic E-state index is 13.8. The van der Waals surface area contributed by atoms with Crippen LogP contribution in [-0.2, 0) is 4.79 Å². The highest BCUT2D eigenvalue weighted by atomic mass is 35.5. The van der Waals surface area contributed by atoms with Gasteiger partial charge in [0.05, 0.1) is 5.56 Å². The molecule has 6 nitrogen and oxygen atoms in total. The van der Waals surface area contributed by atoms with Crippen LogP contribution in [0.25, 0.3) is 0 Å². The highest BCUT2D eigenvalue weighted by Gasteiger charge is 2.34. The Labute approximate surface area is 179 Å². The van der Waals surface area contributed by atoms with Crippen LogP contribution in [0.5, 0.6) is 0 Å². The Kier molecular flexibility index (Phi) is 6.32. The highest BCUT2D eigenvalue weighted by Crippen LogP contribution is 2.26. The molecule has 0 aliphatic carbocycles. The Bertz CT molecular complexity index is 933. The number of amides is 2. The first-order chi connectivity index (χ1) is 14.5. The standard InChI is InChI=1S/C22H24ClFN4O2/c23-15-5-3-4-14(12-15)19-13-20(27-26-19)22(30)28-10-8-16(9-11-28)25-21(29)17-6-1-2-7-18(17)24/h1-7,12,16,19-20,26-27H,8-11,13H2,(H,25,29). The zero-order chi connectivity index (χ0) is 21.1. The lowest BCUT2D eigenvalue weighted by molar-refractivity contribution is -0.134. The summed E-state index contributed by atoms with van der Waals surface area (Å²) >= 11 is 6.07. The smallest absolute Gasteiger partial charge is 0.254 e. The third-order valence-corrected chi connectivity index (χ3v) is 5.95. The predicted molar refractivity (Wildman–Crippen MR) is 112 cm³/mol. The minimum atomic E-state index is -0.531. The molecule has 2 aliphatic rings. The number of rotatable bonds is 4. The molecule has 0 saturated carbocycles. The van der Waals surface area contributed by atoms with E-state index in [-0.39, 0.29) is 29.6 Å². The van der Waals surface area contributed by atoms with Gasteiger partial charge in [-0.05, 0) is 49.1 Å². The SMILES string of the molecule is O=C(NC1CCN(C(=O)C2CC(c3cccc(Cl)c3)NN2)CC1)c1ccccc1F. The average Bonchev–Trinajstić information content (AvgIpc) is 3.24. The van der Waals surface area contributed by atoms with Gasteiger partial charge in [-0.15, -0.1) is 0 Å². The molecule has 158 valence electrons. The van der Waals surface area contributed by atoms with Crippen LogP contribution in [0.4, 0.5) is 4.39 Å². The Morgan fingerprint density at radius 2 is 1.83 bits per heavy atom. The van der Waals surface area contributed by atoms with Gasteiger partial charge in [0.1, 0.15) is 11.9 Å².